The van der Waals surface area contributed by atoms with E-state index < -0.39 is 0 Å². The molecule has 1 fully saturated rings. The number of hydrogen-bond acceptors (Lipinski definition) is 2. The van der Waals surface area contributed by atoms with Crippen LogP contribution >= 0.6 is 11.6 Å². The van der Waals surface area contributed by atoms with E-state index >= 15 is 0 Å². The van der Waals surface area contributed by atoms with Crippen molar-refractivity contribution in [2.75, 3.05) is 18.1 Å². The van der Waals surface area contributed by atoms with Gasteiger partial charge in [-0.05, 0) is 24.3 Å². The molecule has 1 aliphatic heterocycles. The molecular formula is C9H9ClN2O. The second kappa shape index (κ2) is 3.36. The molecule has 68 valence electrons. The summed E-state index contributed by atoms with van der Waals surface area (Å²) in [6.45, 7) is 1.00. The summed E-state index contributed by atoms with van der Waals surface area (Å²) < 4.78 is 0. The van der Waals surface area contributed by atoms with Gasteiger partial charge in [0.1, 0.15) is 0 Å². The van der Waals surface area contributed by atoms with Gasteiger partial charge in [-0.1, -0.05) is 11.6 Å². The molecule has 2 rings (SSSR count). The lowest BCUT2D eigenvalue weighted by Crippen LogP contribution is -2.25. The van der Waals surface area contributed by atoms with Gasteiger partial charge in [-0.15, -0.1) is 0 Å². The second-order valence-corrected chi connectivity index (χ2v) is 3.32. The zero-order valence-electron chi connectivity index (χ0n) is 6.96. The molecule has 0 unspecified atom stereocenters. The van der Waals surface area contributed by atoms with E-state index in [-0.39, 0.29) is 5.91 Å². The van der Waals surface area contributed by atoms with Gasteiger partial charge < -0.3 is 0 Å². The third-order valence-corrected chi connectivity index (χ3v) is 2.24. The molecule has 0 aliphatic carbocycles. The Morgan fingerprint density at radius 1 is 1.31 bits per heavy atom. The van der Waals surface area contributed by atoms with Gasteiger partial charge in [-0.2, -0.15) is 0 Å². The van der Waals surface area contributed by atoms with Crippen LogP contribution < -0.4 is 10.2 Å². The first-order valence-electron chi connectivity index (χ1n) is 4.04. The first-order valence-corrected chi connectivity index (χ1v) is 4.42. The number of amides is 1. The summed E-state index contributed by atoms with van der Waals surface area (Å²) in [7, 11) is 0. The fourth-order valence-corrected chi connectivity index (χ4v) is 1.44. The first kappa shape index (κ1) is 8.53. The summed E-state index contributed by atoms with van der Waals surface area (Å²) in [6, 6.07) is 7.24. The van der Waals surface area contributed by atoms with Crippen molar-refractivity contribution in [3.63, 3.8) is 0 Å². The maximum absolute atomic E-state index is 11.3. The molecule has 1 N–H and O–H groups in total. The number of halogens is 1. The number of nitrogens with zero attached hydrogens (tertiary/aromatic N) is 1. The molecule has 1 amide bonds. The highest BCUT2D eigenvalue weighted by Gasteiger charge is 2.20. The highest BCUT2D eigenvalue weighted by atomic mass is 35.5. The highest BCUT2D eigenvalue weighted by molar-refractivity contribution is 6.30. The lowest BCUT2D eigenvalue weighted by atomic mass is 10.3. The van der Waals surface area contributed by atoms with Crippen LogP contribution in [0.4, 0.5) is 5.69 Å². The summed E-state index contributed by atoms with van der Waals surface area (Å²) in [6.07, 6.45) is 0. The van der Waals surface area contributed by atoms with Crippen LogP contribution in [-0.2, 0) is 4.79 Å². The van der Waals surface area contributed by atoms with E-state index in [0.29, 0.717) is 18.2 Å². The van der Waals surface area contributed by atoms with Crippen LogP contribution in [-0.4, -0.2) is 19.1 Å². The summed E-state index contributed by atoms with van der Waals surface area (Å²) in [4.78, 5) is 13.0. The minimum absolute atomic E-state index is 0.0994. The van der Waals surface area contributed by atoms with Crippen LogP contribution in [0.15, 0.2) is 24.3 Å². The van der Waals surface area contributed by atoms with Gasteiger partial charge in [0.25, 0.3) is 0 Å². The van der Waals surface area contributed by atoms with E-state index in [4.69, 9.17) is 11.6 Å². The molecule has 1 saturated heterocycles. The Kier molecular flexibility index (Phi) is 2.20. The van der Waals surface area contributed by atoms with Crippen LogP contribution in [0, 0.1) is 0 Å². The smallest absolute Gasteiger partial charge is 0.242 e. The van der Waals surface area contributed by atoms with E-state index in [2.05, 4.69) is 5.32 Å². The number of carbonyl (C=O) groups excluding carboxylic acids is 1. The molecule has 1 aromatic carbocycles. The van der Waals surface area contributed by atoms with Crippen molar-refractivity contribution >= 4 is 23.2 Å². The van der Waals surface area contributed by atoms with E-state index in [1.54, 1.807) is 17.0 Å². The SMILES string of the molecule is O=C1CNCN1c1ccc(Cl)cc1. The van der Waals surface area contributed by atoms with Crippen molar-refractivity contribution < 1.29 is 4.79 Å². The van der Waals surface area contributed by atoms with Crippen LogP contribution in [0.1, 0.15) is 0 Å². The number of benzene rings is 1. The van der Waals surface area contributed by atoms with Crippen LogP contribution in [0.5, 0.6) is 0 Å². The van der Waals surface area contributed by atoms with Crippen LogP contribution in [0.25, 0.3) is 0 Å². The van der Waals surface area contributed by atoms with Gasteiger partial charge in [0.2, 0.25) is 5.91 Å². The predicted octanol–water partition coefficient (Wildman–Crippen LogP) is 1.23. The molecule has 0 atom stereocenters. The minimum Gasteiger partial charge on any atom is -0.298 e. The largest absolute Gasteiger partial charge is 0.298 e. The highest BCUT2D eigenvalue weighted by Crippen LogP contribution is 2.18. The average Bonchev–Trinajstić information content (AvgIpc) is 2.53. The predicted molar refractivity (Wildman–Crippen MR) is 51.8 cm³/mol. The van der Waals surface area contributed by atoms with E-state index in [1.807, 2.05) is 12.1 Å². The first-order chi connectivity index (χ1) is 6.27. The Morgan fingerprint density at radius 3 is 2.54 bits per heavy atom. The monoisotopic (exact) mass is 196 g/mol. The molecule has 1 aromatic rings. The molecule has 4 heteroatoms. The topological polar surface area (TPSA) is 32.3 Å². The molecule has 3 nitrogen and oxygen atoms in total. The van der Waals surface area contributed by atoms with Crippen molar-refractivity contribution in [1.29, 1.82) is 0 Å². The normalized spacial score (nSPS) is 16.7. The Balaban J connectivity index is 2.25. The Bertz CT molecular complexity index is 323. The number of anilines is 1. The van der Waals surface area contributed by atoms with Gasteiger partial charge in [-0.25, -0.2) is 0 Å². The Hall–Kier alpha value is -1.06. The molecule has 0 aromatic heterocycles. The number of hydrogen-bond donors (Lipinski definition) is 1. The molecule has 1 aliphatic rings. The van der Waals surface area contributed by atoms with Gasteiger partial charge in [0.15, 0.2) is 0 Å². The van der Waals surface area contributed by atoms with Gasteiger partial charge in [0.05, 0.1) is 13.2 Å². The van der Waals surface area contributed by atoms with Crippen molar-refractivity contribution in [3.05, 3.63) is 29.3 Å². The van der Waals surface area contributed by atoms with Gasteiger partial charge in [-0.3, -0.25) is 15.0 Å². The maximum Gasteiger partial charge on any atom is 0.242 e. The number of rotatable bonds is 1. The quantitative estimate of drug-likeness (QED) is 0.733. The summed E-state index contributed by atoms with van der Waals surface area (Å²) in [5.74, 6) is 0.0994. The zero-order valence-corrected chi connectivity index (χ0v) is 7.71. The van der Waals surface area contributed by atoms with Crippen LogP contribution in [0.2, 0.25) is 5.02 Å². The molecule has 0 saturated carbocycles. The molecule has 0 radical (unpaired) electrons. The lowest BCUT2D eigenvalue weighted by molar-refractivity contribution is -0.116. The average molecular weight is 197 g/mol. The summed E-state index contributed by atoms with van der Waals surface area (Å²) >= 11 is 5.74. The minimum atomic E-state index is 0.0994. The molecular weight excluding hydrogens is 188 g/mol. The van der Waals surface area contributed by atoms with E-state index in [1.165, 1.54) is 0 Å². The molecule has 0 bridgehead atoms. The second-order valence-electron chi connectivity index (χ2n) is 2.88. The number of nitrogens with one attached hydrogen (secondary N) is 1. The maximum atomic E-state index is 11.3. The summed E-state index contributed by atoms with van der Waals surface area (Å²) in [5, 5.41) is 3.66. The van der Waals surface area contributed by atoms with Crippen molar-refractivity contribution in [2.24, 2.45) is 0 Å². The fourth-order valence-electron chi connectivity index (χ4n) is 1.31. The zero-order chi connectivity index (χ0) is 9.26. The summed E-state index contributed by atoms with van der Waals surface area (Å²) in [5.41, 5.74) is 0.888. The van der Waals surface area contributed by atoms with Gasteiger partial charge >= 0.3 is 0 Å². The van der Waals surface area contributed by atoms with E-state index in [0.717, 1.165) is 5.69 Å². The number of carbonyl (C=O) groups is 1. The Morgan fingerprint density at radius 2 is 2.00 bits per heavy atom. The Labute approximate surface area is 81.3 Å². The third-order valence-electron chi connectivity index (χ3n) is 1.99. The standard InChI is InChI=1S/C9H9ClN2O/c10-7-1-3-8(4-2-7)12-6-11-5-9(12)13/h1-4,11H,5-6H2. The molecule has 0 spiro atoms. The van der Waals surface area contributed by atoms with Crippen molar-refractivity contribution in [3.8, 4) is 0 Å². The molecule has 13 heavy (non-hydrogen) atoms. The fraction of sp³-hybridized carbons (Fsp3) is 0.222. The van der Waals surface area contributed by atoms with Crippen molar-refractivity contribution in [2.45, 2.75) is 0 Å². The molecule has 1 heterocycles. The van der Waals surface area contributed by atoms with Crippen molar-refractivity contribution in [1.82, 2.24) is 5.32 Å². The van der Waals surface area contributed by atoms with Crippen LogP contribution in [0.3, 0.4) is 0 Å². The van der Waals surface area contributed by atoms with Gasteiger partial charge in [0, 0.05) is 10.7 Å². The van der Waals surface area contributed by atoms with E-state index in [9.17, 15) is 4.79 Å². The third kappa shape index (κ3) is 1.66. The lowest BCUT2D eigenvalue weighted by Gasteiger charge is -2.14.